The number of hydrogen-bond donors (Lipinski definition) is 1. The molecule has 1 rings (SSSR count). The molecule has 0 aliphatic heterocycles. The van der Waals surface area contributed by atoms with E-state index >= 15 is 0 Å². The van der Waals surface area contributed by atoms with Gasteiger partial charge in [0.05, 0.1) is 12.8 Å². The molecule has 6 heteroatoms. The van der Waals surface area contributed by atoms with E-state index in [1.54, 1.807) is 0 Å². The number of hydrogen-bond acceptors (Lipinski definition) is 4. The predicted molar refractivity (Wildman–Crippen MR) is 54.5 cm³/mol. The molecule has 0 aliphatic carbocycles. The second kappa shape index (κ2) is 4.90. The highest BCUT2D eigenvalue weighted by molar-refractivity contribution is 7.79. The minimum Gasteiger partial charge on any atom is -0.768 e. The van der Waals surface area contributed by atoms with Crippen LogP contribution in [0.2, 0.25) is 0 Å². The maximum absolute atomic E-state index is 10.8. The van der Waals surface area contributed by atoms with Crippen molar-refractivity contribution in [1.29, 1.82) is 0 Å². The van der Waals surface area contributed by atoms with Crippen molar-refractivity contribution in [3.63, 3.8) is 0 Å². The van der Waals surface area contributed by atoms with Gasteiger partial charge in [0.25, 0.3) is 0 Å². The van der Waals surface area contributed by atoms with Crippen LogP contribution in [0.15, 0.2) is 23.1 Å². The van der Waals surface area contributed by atoms with Crippen molar-refractivity contribution in [2.24, 2.45) is 0 Å². The van der Waals surface area contributed by atoms with Gasteiger partial charge >= 0.3 is 0 Å². The number of anilines is 1. The molecule has 0 saturated heterocycles. The summed E-state index contributed by atoms with van der Waals surface area (Å²) in [5, 5.41) is 2.48. The summed E-state index contributed by atoms with van der Waals surface area (Å²) >= 11 is -2.32. The van der Waals surface area contributed by atoms with Gasteiger partial charge in [-0.1, -0.05) is 0 Å². The molecule has 0 spiro atoms. The van der Waals surface area contributed by atoms with Crippen LogP contribution in [0.4, 0.5) is 5.69 Å². The molecule has 15 heavy (non-hydrogen) atoms. The lowest BCUT2D eigenvalue weighted by Crippen LogP contribution is -2.07. The van der Waals surface area contributed by atoms with E-state index in [0.29, 0.717) is 11.4 Å². The first-order valence-corrected chi connectivity index (χ1v) is 5.17. The Morgan fingerprint density at radius 3 is 2.67 bits per heavy atom. The van der Waals surface area contributed by atoms with Crippen LogP contribution in [0.3, 0.4) is 0 Å². The van der Waals surface area contributed by atoms with E-state index in [4.69, 9.17) is 4.74 Å². The van der Waals surface area contributed by atoms with Crippen molar-refractivity contribution in [3.8, 4) is 5.75 Å². The van der Waals surface area contributed by atoms with Crippen molar-refractivity contribution >= 4 is 22.7 Å². The van der Waals surface area contributed by atoms with Crippen LogP contribution in [-0.4, -0.2) is 21.8 Å². The van der Waals surface area contributed by atoms with Gasteiger partial charge in [-0.15, -0.1) is 0 Å². The van der Waals surface area contributed by atoms with Gasteiger partial charge in [0.15, 0.2) is 0 Å². The number of nitrogens with one attached hydrogen (secondary N) is 1. The molecule has 0 aromatic heterocycles. The lowest BCUT2D eigenvalue weighted by atomic mass is 10.3. The first-order chi connectivity index (χ1) is 7.04. The second-order valence-corrected chi connectivity index (χ2v) is 3.72. The third-order valence-corrected chi connectivity index (χ3v) is 2.31. The van der Waals surface area contributed by atoms with Gasteiger partial charge in [0.1, 0.15) is 5.75 Å². The first kappa shape index (κ1) is 11.7. The van der Waals surface area contributed by atoms with Gasteiger partial charge in [-0.05, 0) is 29.3 Å². The molecule has 1 atom stereocenters. The number of rotatable bonds is 3. The van der Waals surface area contributed by atoms with E-state index in [-0.39, 0.29) is 10.8 Å². The molecule has 0 fully saturated rings. The Kier molecular flexibility index (Phi) is 3.81. The molecule has 5 nitrogen and oxygen atoms in total. The summed E-state index contributed by atoms with van der Waals surface area (Å²) in [4.78, 5) is 10.9. The Balaban J connectivity index is 3.12. The third-order valence-electron chi connectivity index (χ3n) is 1.67. The quantitative estimate of drug-likeness (QED) is 0.779. The predicted octanol–water partition coefficient (Wildman–Crippen LogP) is 0.892. The summed E-state index contributed by atoms with van der Waals surface area (Å²) in [6.07, 6.45) is 0. The Morgan fingerprint density at radius 2 is 2.20 bits per heavy atom. The molecule has 1 N–H and O–H groups in total. The molecular weight excluding hydrogens is 218 g/mol. The fraction of sp³-hybridized carbons (Fsp3) is 0.222. The van der Waals surface area contributed by atoms with Gasteiger partial charge in [0.2, 0.25) is 5.91 Å². The zero-order valence-corrected chi connectivity index (χ0v) is 9.09. The van der Waals surface area contributed by atoms with E-state index in [0.717, 1.165) is 0 Å². The van der Waals surface area contributed by atoms with E-state index in [9.17, 15) is 13.6 Å². The Hall–Kier alpha value is -1.40. The highest BCUT2D eigenvalue weighted by Gasteiger charge is 2.05. The zero-order chi connectivity index (χ0) is 11.4. The Labute approximate surface area is 89.7 Å². The van der Waals surface area contributed by atoms with Crippen LogP contribution in [0.1, 0.15) is 6.92 Å². The SMILES string of the molecule is COc1ccc(S(=O)[O-])cc1NC(C)=O. The third kappa shape index (κ3) is 3.03. The summed E-state index contributed by atoms with van der Waals surface area (Å²) in [6.45, 7) is 1.33. The van der Waals surface area contributed by atoms with Crippen molar-refractivity contribution in [1.82, 2.24) is 0 Å². The van der Waals surface area contributed by atoms with Crippen LogP contribution in [0.5, 0.6) is 5.75 Å². The molecule has 0 heterocycles. The fourth-order valence-electron chi connectivity index (χ4n) is 1.08. The molecule has 82 valence electrons. The number of methoxy groups -OCH3 is 1. The number of carbonyl (C=O) groups excluding carboxylic acids is 1. The Morgan fingerprint density at radius 1 is 1.53 bits per heavy atom. The smallest absolute Gasteiger partial charge is 0.221 e. The zero-order valence-electron chi connectivity index (χ0n) is 8.27. The fourth-order valence-corrected chi connectivity index (χ4v) is 1.47. The highest BCUT2D eigenvalue weighted by atomic mass is 32.2. The van der Waals surface area contributed by atoms with Gasteiger partial charge in [0, 0.05) is 11.8 Å². The lowest BCUT2D eigenvalue weighted by molar-refractivity contribution is -0.114. The van der Waals surface area contributed by atoms with Crippen molar-refractivity contribution in [2.75, 3.05) is 12.4 Å². The largest absolute Gasteiger partial charge is 0.768 e. The minimum atomic E-state index is -2.32. The average Bonchev–Trinajstić information content (AvgIpc) is 2.16. The summed E-state index contributed by atoms with van der Waals surface area (Å²) < 4.78 is 26.3. The first-order valence-electron chi connectivity index (χ1n) is 4.09. The molecule has 0 saturated carbocycles. The maximum Gasteiger partial charge on any atom is 0.221 e. The van der Waals surface area contributed by atoms with Crippen LogP contribution < -0.4 is 10.1 Å². The summed E-state index contributed by atoms with van der Waals surface area (Å²) in [5.74, 6) is 0.126. The minimum absolute atomic E-state index is 0.0968. The van der Waals surface area contributed by atoms with Gasteiger partial charge in [-0.3, -0.25) is 9.00 Å². The molecule has 0 bridgehead atoms. The van der Waals surface area contributed by atoms with E-state index in [2.05, 4.69) is 5.32 Å². The summed E-state index contributed by atoms with van der Waals surface area (Å²) in [7, 11) is 1.44. The van der Waals surface area contributed by atoms with Crippen LogP contribution in [-0.2, 0) is 15.9 Å². The van der Waals surface area contributed by atoms with Crippen molar-refractivity contribution < 1.29 is 18.3 Å². The number of carbonyl (C=O) groups is 1. The van der Waals surface area contributed by atoms with Gasteiger partial charge in [-0.25, -0.2) is 0 Å². The van der Waals surface area contributed by atoms with Crippen LogP contribution in [0, 0.1) is 0 Å². The van der Waals surface area contributed by atoms with Crippen LogP contribution >= 0.6 is 0 Å². The monoisotopic (exact) mass is 228 g/mol. The molecule has 1 unspecified atom stereocenters. The molecule has 1 amide bonds. The summed E-state index contributed by atoms with van der Waals surface area (Å²) in [5.41, 5.74) is 0.340. The second-order valence-electron chi connectivity index (χ2n) is 2.78. The van der Waals surface area contributed by atoms with Crippen molar-refractivity contribution in [3.05, 3.63) is 18.2 Å². The normalized spacial score (nSPS) is 11.9. The van der Waals surface area contributed by atoms with Gasteiger partial charge < -0.3 is 14.6 Å². The van der Waals surface area contributed by atoms with Crippen molar-refractivity contribution in [2.45, 2.75) is 11.8 Å². The maximum atomic E-state index is 10.8. The van der Waals surface area contributed by atoms with Crippen LogP contribution in [0.25, 0.3) is 0 Å². The standard InChI is InChI=1S/C9H11NO4S/c1-6(11)10-8-5-7(15(12)13)3-4-9(8)14-2/h3-5H,1-2H3,(H,10,11)(H,12,13)/p-1. The van der Waals surface area contributed by atoms with E-state index in [1.165, 1.54) is 32.2 Å². The van der Waals surface area contributed by atoms with E-state index < -0.39 is 11.1 Å². The number of amides is 1. The topological polar surface area (TPSA) is 78.5 Å². The summed E-state index contributed by atoms with van der Waals surface area (Å²) in [6, 6.07) is 4.22. The van der Waals surface area contributed by atoms with Gasteiger partial charge in [-0.2, -0.15) is 0 Å². The molecule has 1 aromatic carbocycles. The molecular formula is C9H10NO4S-. The van der Waals surface area contributed by atoms with E-state index in [1.807, 2.05) is 0 Å². The molecule has 1 aromatic rings. The highest BCUT2D eigenvalue weighted by Crippen LogP contribution is 2.26. The average molecular weight is 228 g/mol. The molecule has 0 aliphatic rings. The Bertz CT molecular complexity index is 405. The molecule has 0 radical (unpaired) electrons. The number of benzene rings is 1. The number of ether oxygens (including phenoxy) is 1. The lowest BCUT2D eigenvalue weighted by Gasteiger charge is -2.12.